The predicted molar refractivity (Wildman–Crippen MR) is 78.9 cm³/mol. The van der Waals surface area contributed by atoms with E-state index in [0.717, 1.165) is 12.8 Å². The fraction of sp³-hybridized carbons (Fsp3) is 0.562. The quantitative estimate of drug-likeness (QED) is 0.676. The Kier molecular flexibility index (Phi) is 4.88. The standard InChI is InChI=1S/C16H23NO3/c1-3-11-7-4-5-9-13(11)20-14-10-6-8-12(17)15(14)16(18)19-2/h6,8,10-11,13H,3-5,7,9,17H2,1-2H3. The fourth-order valence-electron chi connectivity index (χ4n) is 2.93. The number of nitrogens with two attached hydrogens (primary N) is 1. The summed E-state index contributed by atoms with van der Waals surface area (Å²) >= 11 is 0. The van der Waals surface area contributed by atoms with Gasteiger partial charge >= 0.3 is 5.97 Å². The Morgan fingerprint density at radius 2 is 2.10 bits per heavy atom. The smallest absolute Gasteiger partial charge is 0.343 e. The van der Waals surface area contributed by atoms with Crippen LogP contribution in [0.1, 0.15) is 49.4 Å². The Bertz CT molecular complexity index is 473. The molecule has 0 aliphatic heterocycles. The van der Waals surface area contributed by atoms with E-state index in [-0.39, 0.29) is 6.10 Å². The molecule has 1 saturated carbocycles. The first-order chi connectivity index (χ1) is 9.67. The maximum Gasteiger partial charge on any atom is 0.343 e. The molecule has 2 rings (SSSR count). The molecule has 20 heavy (non-hydrogen) atoms. The van der Waals surface area contributed by atoms with Crippen molar-refractivity contribution in [2.24, 2.45) is 5.92 Å². The lowest BCUT2D eigenvalue weighted by atomic mass is 9.84. The second kappa shape index (κ2) is 6.64. The summed E-state index contributed by atoms with van der Waals surface area (Å²) in [5.74, 6) is 0.653. The summed E-state index contributed by atoms with van der Waals surface area (Å²) in [7, 11) is 1.36. The number of anilines is 1. The molecule has 0 radical (unpaired) electrons. The third kappa shape index (κ3) is 3.06. The van der Waals surface area contributed by atoms with Crippen LogP contribution in [0.4, 0.5) is 5.69 Å². The summed E-state index contributed by atoms with van der Waals surface area (Å²) < 4.78 is 10.9. The molecule has 0 heterocycles. The number of hydrogen-bond acceptors (Lipinski definition) is 4. The summed E-state index contributed by atoms with van der Waals surface area (Å²) in [4.78, 5) is 11.9. The van der Waals surface area contributed by atoms with Crippen LogP contribution in [-0.4, -0.2) is 19.2 Å². The molecule has 4 heteroatoms. The van der Waals surface area contributed by atoms with Gasteiger partial charge in [-0.1, -0.05) is 19.4 Å². The molecule has 2 unspecified atom stereocenters. The van der Waals surface area contributed by atoms with E-state index in [0.29, 0.717) is 22.9 Å². The van der Waals surface area contributed by atoms with Crippen molar-refractivity contribution < 1.29 is 14.3 Å². The Morgan fingerprint density at radius 3 is 2.80 bits per heavy atom. The summed E-state index contributed by atoms with van der Waals surface area (Å²) in [5.41, 5.74) is 6.63. The highest BCUT2D eigenvalue weighted by Crippen LogP contribution is 2.33. The van der Waals surface area contributed by atoms with Crippen LogP contribution in [0.25, 0.3) is 0 Å². The number of carbonyl (C=O) groups excluding carboxylic acids is 1. The highest BCUT2D eigenvalue weighted by molar-refractivity contribution is 5.98. The van der Waals surface area contributed by atoms with Gasteiger partial charge in [0.15, 0.2) is 0 Å². The third-order valence-electron chi connectivity index (χ3n) is 4.09. The number of hydrogen-bond donors (Lipinski definition) is 1. The molecular weight excluding hydrogens is 254 g/mol. The number of nitrogen functional groups attached to an aromatic ring is 1. The van der Waals surface area contributed by atoms with Crippen molar-refractivity contribution >= 4 is 11.7 Å². The van der Waals surface area contributed by atoms with Crippen LogP contribution in [0.5, 0.6) is 5.75 Å². The van der Waals surface area contributed by atoms with Crippen molar-refractivity contribution in [1.29, 1.82) is 0 Å². The van der Waals surface area contributed by atoms with Gasteiger partial charge < -0.3 is 15.2 Å². The van der Waals surface area contributed by atoms with Crippen LogP contribution in [0, 0.1) is 5.92 Å². The molecule has 110 valence electrons. The molecule has 0 spiro atoms. The first kappa shape index (κ1) is 14.7. The lowest BCUT2D eigenvalue weighted by molar-refractivity contribution is 0.0577. The predicted octanol–water partition coefficient (Wildman–Crippen LogP) is 3.40. The van der Waals surface area contributed by atoms with Crippen LogP contribution in [-0.2, 0) is 4.74 Å². The SMILES string of the molecule is CCC1CCCCC1Oc1cccc(N)c1C(=O)OC. The van der Waals surface area contributed by atoms with E-state index in [4.69, 9.17) is 15.2 Å². The van der Waals surface area contributed by atoms with Gasteiger partial charge in [-0.15, -0.1) is 0 Å². The number of rotatable bonds is 4. The van der Waals surface area contributed by atoms with E-state index in [2.05, 4.69) is 6.92 Å². The summed E-state index contributed by atoms with van der Waals surface area (Å²) in [5, 5.41) is 0. The number of benzene rings is 1. The zero-order valence-corrected chi connectivity index (χ0v) is 12.2. The molecule has 0 aromatic heterocycles. The minimum absolute atomic E-state index is 0.166. The molecule has 0 amide bonds. The van der Waals surface area contributed by atoms with E-state index >= 15 is 0 Å². The Balaban J connectivity index is 2.24. The van der Waals surface area contributed by atoms with Crippen LogP contribution in [0.3, 0.4) is 0 Å². The average molecular weight is 277 g/mol. The number of esters is 1. The molecule has 0 saturated heterocycles. The van der Waals surface area contributed by atoms with Gasteiger partial charge in [0, 0.05) is 5.69 Å². The third-order valence-corrected chi connectivity index (χ3v) is 4.09. The highest BCUT2D eigenvalue weighted by atomic mass is 16.5. The minimum atomic E-state index is -0.443. The molecule has 2 atom stereocenters. The Morgan fingerprint density at radius 1 is 1.35 bits per heavy atom. The summed E-state index contributed by atoms with van der Waals surface area (Å²) in [6, 6.07) is 5.29. The summed E-state index contributed by atoms with van der Waals surface area (Å²) in [6.45, 7) is 2.19. The molecule has 0 bridgehead atoms. The lowest BCUT2D eigenvalue weighted by Gasteiger charge is -2.31. The van der Waals surface area contributed by atoms with E-state index in [1.807, 2.05) is 0 Å². The molecular formula is C16H23NO3. The zero-order valence-electron chi connectivity index (χ0n) is 12.2. The van der Waals surface area contributed by atoms with Gasteiger partial charge in [-0.25, -0.2) is 4.79 Å². The Labute approximate surface area is 120 Å². The molecule has 1 aromatic carbocycles. The van der Waals surface area contributed by atoms with Crippen molar-refractivity contribution in [1.82, 2.24) is 0 Å². The van der Waals surface area contributed by atoms with Crippen LogP contribution in [0.2, 0.25) is 0 Å². The first-order valence-corrected chi connectivity index (χ1v) is 7.30. The molecule has 1 aromatic rings. The second-order valence-electron chi connectivity index (χ2n) is 5.32. The minimum Gasteiger partial charge on any atom is -0.489 e. The van der Waals surface area contributed by atoms with E-state index in [1.165, 1.54) is 26.4 Å². The first-order valence-electron chi connectivity index (χ1n) is 7.30. The molecule has 2 N–H and O–H groups in total. The van der Waals surface area contributed by atoms with Crippen molar-refractivity contribution in [3.8, 4) is 5.75 Å². The van der Waals surface area contributed by atoms with Crippen molar-refractivity contribution in [3.63, 3.8) is 0 Å². The topological polar surface area (TPSA) is 61.5 Å². The van der Waals surface area contributed by atoms with Gasteiger partial charge in [0.25, 0.3) is 0 Å². The maximum atomic E-state index is 11.9. The molecule has 4 nitrogen and oxygen atoms in total. The van der Waals surface area contributed by atoms with Gasteiger partial charge in [0.2, 0.25) is 0 Å². The highest BCUT2D eigenvalue weighted by Gasteiger charge is 2.27. The van der Waals surface area contributed by atoms with Crippen molar-refractivity contribution in [2.75, 3.05) is 12.8 Å². The molecule has 1 aliphatic carbocycles. The van der Waals surface area contributed by atoms with Gasteiger partial charge in [0.1, 0.15) is 17.4 Å². The van der Waals surface area contributed by atoms with Crippen molar-refractivity contribution in [3.05, 3.63) is 23.8 Å². The van der Waals surface area contributed by atoms with E-state index in [1.54, 1.807) is 18.2 Å². The summed E-state index contributed by atoms with van der Waals surface area (Å²) in [6.07, 6.45) is 5.93. The number of carbonyl (C=O) groups is 1. The maximum absolute atomic E-state index is 11.9. The van der Waals surface area contributed by atoms with E-state index < -0.39 is 5.97 Å². The van der Waals surface area contributed by atoms with E-state index in [9.17, 15) is 4.79 Å². The van der Waals surface area contributed by atoms with Gasteiger partial charge in [-0.3, -0.25) is 0 Å². The Hall–Kier alpha value is -1.71. The average Bonchev–Trinajstić information content (AvgIpc) is 2.47. The fourth-order valence-corrected chi connectivity index (χ4v) is 2.93. The van der Waals surface area contributed by atoms with Crippen LogP contribution in [0.15, 0.2) is 18.2 Å². The van der Waals surface area contributed by atoms with Gasteiger partial charge in [0.05, 0.1) is 7.11 Å². The van der Waals surface area contributed by atoms with Gasteiger partial charge in [-0.2, -0.15) is 0 Å². The normalized spacial score (nSPS) is 22.3. The largest absolute Gasteiger partial charge is 0.489 e. The van der Waals surface area contributed by atoms with Crippen LogP contribution < -0.4 is 10.5 Å². The van der Waals surface area contributed by atoms with Crippen LogP contribution >= 0.6 is 0 Å². The number of ether oxygens (including phenoxy) is 2. The molecule has 1 aliphatic rings. The monoisotopic (exact) mass is 277 g/mol. The number of methoxy groups -OCH3 is 1. The zero-order chi connectivity index (χ0) is 14.5. The molecule has 1 fully saturated rings. The lowest BCUT2D eigenvalue weighted by Crippen LogP contribution is -2.30. The second-order valence-corrected chi connectivity index (χ2v) is 5.32. The van der Waals surface area contributed by atoms with Gasteiger partial charge in [-0.05, 0) is 43.7 Å². The van der Waals surface area contributed by atoms with Crippen molar-refractivity contribution in [2.45, 2.75) is 45.1 Å².